The highest BCUT2D eigenvalue weighted by Gasteiger charge is 2.30. The predicted octanol–water partition coefficient (Wildman–Crippen LogP) is 5.45. The van der Waals surface area contributed by atoms with Crippen LogP contribution < -0.4 is 0 Å². The highest BCUT2D eigenvalue weighted by atomic mass is 19.4. The number of benzene rings is 2. The molecule has 0 radical (unpaired) electrons. The molecule has 8 heteroatoms. The van der Waals surface area contributed by atoms with Gasteiger partial charge in [-0.3, -0.25) is 0 Å². The van der Waals surface area contributed by atoms with Gasteiger partial charge in [-0.05, 0) is 30.3 Å². The zero-order chi connectivity index (χ0) is 18.4. The molecule has 2 aromatic rings. The van der Waals surface area contributed by atoms with Crippen LogP contribution in [-0.4, -0.2) is 13.1 Å². The number of hydrogen-bond donors (Lipinski definition) is 0. The van der Waals surface area contributed by atoms with Gasteiger partial charge in [-0.2, -0.15) is 18.3 Å². The topological polar surface area (TPSA) is 51.0 Å². The molecule has 0 unspecified atom stereocenters. The molecule has 25 heavy (non-hydrogen) atoms. The summed E-state index contributed by atoms with van der Waals surface area (Å²) in [6, 6.07) is 8.18. The van der Waals surface area contributed by atoms with Gasteiger partial charge in [-0.25, -0.2) is 9.18 Å². The van der Waals surface area contributed by atoms with Crippen molar-refractivity contribution in [2.24, 2.45) is 10.2 Å². The van der Waals surface area contributed by atoms with E-state index in [2.05, 4.69) is 15.0 Å². The van der Waals surface area contributed by atoms with Crippen molar-refractivity contribution in [3.05, 3.63) is 65.5 Å². The van der Waals surface area contributed by atoms with Crippen molar-refractivity contribution in [2.75, 3.05) is 7.11 Å². The molecular formula is C17H12F4N2O2. The van der Waals surface area contributed by atoms with E-state index >= 15 is 0 Å². The summed E-state index contributed by atoms with van der Waals surface area (Å²) in [5.41, 5.74) is -0.953. The Morgan fingerprint density at radius 1 is 1.12 bits per heavy atom. The maximum atomic E-state index is 13.9. The maximum Gasteiger partial charge on any atom is 0.416 e. The molecule has 0 N–H and O–H groups in total. The average Bonchev–Trinajstić information content (AvgIpc) is 2.58. The zero-order valence-corrected chi connectivity index (χ0v) is 12.9. The summed E-state index contributed by atoms with van der Waals surface area (Å²) in [5, 5.41) is 7.34. The number of esters is 1. The smallest absolute Gasteiger partial charge is 0.416 e. The Bertz CT molecular complexity index is 830. The number of azo groups is 1. The third-order valence-corrected chi connectivity index (χ3v) is 3.06. The largest absolute Gasteiger partial charge is 0.466 e. The molecule has 0 aliphatic rings. The monoisotopic (exact) mass is 352 g/mol. The number of nitrogens with zero attached hydrogens (tertiary/aromatic N) is 2. The standard InChI is InChI=1S/C17H12F4N2O2/c1-25-15(24)9-8-11-4-2-7-14(18)16(11)23-22-13-6-3-5-12(10-13)17(19,20)21/h2-10H,1H3/b9-8+,23-22?. The highest BCUT2D eigenvalue weighted by Crippen LogP contribution is 2.32. The van der Waals surface area contributed by atoms with Gasteiger partial charge in [-0.15, -0.1) is 5.11 Å². The lowest BCUT2D eigenvalue weighted by Gasteiger charge is -2.06. The van der Waals surface area contributed by atoms with Gasteiger partial charge in [-0.1, -0.05) is 18.2 Å². The van der Waals surface area contributed by atoms with E-state index in [4.69, 9.17) is 0 Å². The van der Waals surface area contributed by atoms with Gasteiger partial charge in [0.1, 0.15) is 5.69 Å². The number of carbonyl (C=O) groups excluding carboxylic acids is 1. The van der Waals surface area contributed by atoms with Crippen LogP contribution >= 0.6 is 0 Å². The Hall–Kier alpha value is -3.03. The van der Waals surface area contributed by atoms with E-state index in [0.29, 0.717) is 0 Å². The van der Waals surface area contributed by atoms with Crippen molar-refractivity contribution in [1.29, 1.82) is 0 Å². The number of halogens is 4. The van der Waals surface area contributed by atoms with Crippen molar-refractivity contribution in [3.63, 3.8) is 0 Å². The Labute approximate surface area is 140 Å². The molecule has 130 valence electrons. The van der Waals surface area contributed by atoms with Crippen LogP contribution in [-0.2, 0) is 15.7 Å². The van der Waals surface area contributed by atoms with E-state index in [-0.39, 0.29) is 16.9 Å². The second kappa shape index (κ2) is 7.69. The fourth-order valence-corrected chi connectivity index (χ4v) is 1.85. The second-order valence-electron chi connectivity index (χ2n) is 4.78. The first-order valence-corrected chi connectivity index (χ1v) is 6.95. The Balaban J connectivity index is 2.35. The van der Waals surface area contributed by atoms with Crippen molar-refractivity contribution in [2.45, 2.75) is 6.18 Å². The molecule has 0 saturated carbocycles. The van der Waals surface area contributed by atoms with E-state index in [1.165, 1.54) is 37.5 Å². The van der Waals surface area contributed by atoms with Gasteiger partial charge < -0.3 is 4.74 Å². The minimum absolute atomic E-state index is 0.0824. The SMILES string of the molecule is COC(=O)/C=C/c1cccc(F)c1N=Nc1cccc(C(F)(F)F)c1. The van der Waals surface area contributed by atoms with E-state index in [0.717, 1.165) is 24.3 Å². The molecule has 0 spiro atoms. The Kier molecular flexibility index (Phi) is 5.63. The fraction of sp³-hybridized carbons (Fsp3) is 0.118. The lowest BCUT2D eigenvalue weighted by molar-refractivity contribution is -0.137. The van der Waals surface area contributed by atoms with E-state index < -0.39 is 23.5 Å². The molecular weight excluding hydrogens is 340 g/mol. The Morgan fingerprint density at radius 2 is 1.84 bits per heavy atom. The van der Waals surface area contributed by atoms with Crippen LogP contribution in [0, 0.1) is 5.82 Å². The summed E-state index contributed by atoms with van der Waals surface area (Å²) >= 11 is 0. The fourth-order valence-electron chi connectivity index (χ4n) is 1.85. The summed E-state index contributed by atoms with van der Waals surface area (Å²) < 4.78 is 56.4. The number of methoxy groups -OCH3 is 1. The summed E-state index contributed by atoms with van der Waals surface area (Å²) in [4.78, 5) is 11.1. The van der Waals surface area contributed by atoms with Crippen molar-refractivity contribution >= 4 is 23.4 Å². The molecule has 0 bridgehead atoms. The number of carbonyl (C=O) groups is 1. The van der Waals surface area contributed by atoms with Gasteiger partial charge in [0.25, 0.3) is 0 Å². The maximum absolute atomic E-state index is 13.9. The summed E-state index contributed by atoms with van der Waals surface area (Å²) in [5.74, 6) is -1.38. The van der Waals surface area contributed by atoms with Crippen LogP contribution in [0.2, 0.25) is 0 Å². The number of rotatable bonds is 4. The minimum atomic E-state index is -4.52. The van der Waals surface area contributed by atoms with Crippen LogP contribution in [0.25, 0.3) is 6.08 Å². The lowest BCUT2D eigenvalue weighted by atomic mass is 10.1. The molecule has 0 atom stereocenters. The molecule has 0 aliphatic carbocycles. The molecule has 0 aromatic heterocycles. The quantitative estimate of drug-likeness (QED) is 0.318. The number of alkyl halides is 3. The average molecular weight is 352 g/mol. The van der Waals surface area contributed by atoms with E-state index in [1.807, 2.05) is 0 Å². The van der Waals surface area contributed by atoms with Gasteiger partial charge in [0.15, 0.2) is 5.82 Å². The Morgan fingerprint density at radius 3 is 2.52 bits per heavy atom. The van der Waals surface area contributed by atoms with Crippen LogP contribution in [0.3, 0.4) is 0 Å². The zero-order valence-electron chi connectivity index (χ0n) is 12.9. The molecule has 0 heterocycles. The second-order valence-corrected chi connectivity index (χ2v) is 4.78. The lowest BCUT2D eigenvalue weighted by Crippen LogP contribution is -2.03. The number of ether oxygens (including phenoxy) is 1. The molecule has 2 aromatic carbocycles. The van der Waals surface area contributed by atoms with E-state index in [9.17, 15) is 22.4 Å². The number of hydrogen-bond acceptors (Lipinski definition) is 4. The van der Waals surface area contributed by atoms with Crippen LogP contribution in [0.1, 0.15) is 11.1 Å². The first-order chi connectivity index (χ1) is 11.8. The summed E-state index contributed by atoms with van der Waals surface area (Å²) in [6.07, 6.45) is -2.18. The van der Waals surface area contributed by atoms with Gasteiger partial charge in [0.2, 0.25) is 0 Å². The third kappa shape index (κ3) is 4.97. The normalized spacial score (nSPS) is 12.0. The van der Waals surface area contributed by atoms with Crippen LogP contribution in [0.4, 0.5) is 28.9 Å². The van der Waals surface area contributed by atoms with Crippen molar-refractivity contribution < 1.29 is 27.1 Å². The minimum Gasteiger partial charge on any atom is -0.466 e. The van der Waals surface area contributed by atoms with E-state index in [1.54, 1.807) is 0 Å². The summed E-state index contributed by atoms with van der Waals surface area (Å²) in [6.45, 7) is 0. The van der Waals surface area contributed by atoms with Gasteiger partial charge in [0, 0.05) is 11.6 Å². The van der Waals surface area contributed by atoms with Crippen molar-refractivity contribution in [1.82, 2.24) is 0 Å². The molecule has 0 saturated heterocycles. The van der Waals surface area contributed by atoms with Gasteiger partial charge in [0.05, 0.1) is 18.4 Å². The molecule has 4 nitrogen and oxygen atoms in total. The van der Waals surface area contributed by atoms with Crippen molar-refractivity contribution in [3.8, 4) is 0 Å². The molecule has 0 aliphatic heterocycles. The predicted molar refractivity (Wildman–Crippen MR) is 83.1 cm³/mol. The van der Waals surface area contributed by atoms with Gasteiger partial charge >= 0.3 is 12.1 Å². The van der Waals surface area contributed by atoms with Crippen LogP contribution in [0.5, 0.6) is 0 Å². The molecule has 2 rings (SSSR count). The first-order valence-electron chi connectivity index (χ1n) is 6.95. The molecule has 0 fully saturated rings. The summed E-state index contributed by atoms with van der Waals surface area (Å²) in [7, 11) is 1.19. The third-order valence-electron chi connectivity index (χ3n) is 3.06. The molecule has 0 amide bonds. The van der Waals surface area contributed by atoms with Crippen LogP contribution in [0.15, 0.2) is 58.8 Å². The highest BCUT2D eigenvalue weighted by molar-refractivity contribution is 5.88. The first kappa shape index (κ1) is 18.3.